The zero-order chi connectivity index (χ0) is 14.5. The summed E-state index contributed by atoms with van der Waals surface area (Å²) in [6.45, 7) is 9.10. The molecule has 4 heteroatoms. The van der Waals surface area contributed by atoms with E-state index in [1.807, 2.05) is 0 Å². The van der Waals surface area contributed by atoms with Gasteiger partial charge in [0.2, 0.25) is 5.89 Å². The summed E-state index contributed by atoms with van der Waals surface area (Å²) in [5.41, 5.74) is 2.14. The van der Waals surface area contributed by atoms with E-state index in [2.05, 4.69) is 38.8 Å². The van der Waals surface area contributed by atoms with Gasteiger partial charge < -0.3 is 14.1 Å². The molecule has 0 radical (unpaired) electrons. The van der Waals surface area contributed by atoms with Gasteiger partial charge in [-0.05, 0) is 26.3 Å². The van der Waals surface area contributed by atoms with Crippen LogP contribution in [0.15, 0.2) is 10.5 Å². The van der Waals surface area contributed by atoms with Gasteiger partial charge in [-0.25, -0.2) is 4.98 Å². The predicted octanol–water partition coefficient (Wildman–Crippen LogP) is 3.70. The molecule has 1 aromatic heterocycles. The zero-order valence-electron chi connectivity index (χ0n) is 13.1. The second-order valence-corrected chi connectivity index (χ2v) is 5.61. The van der Waals surface area contributed by atoms with Crippen LogP contribution >= 0.6 is 0 Å². The Kier molecular flexibility index (Phi) is 5.24. The van der Waals surface area contributed by atoms with Crippen molar-refractivity contribution in [3.8, 4) is 5.95 Å². The van der Waals surface area contributed by atoms with E-state index in [9.17, 15) is 0 Å². The summed E-state index contributed by atoms with van der Waals surface area (Å²) in [6, 6.07) is 0. The summed E-state index contributed by atoms with van der Waals surface area (Å²) >= 11 is 0. The number of aromatic nitrogens is 1. The maximum absolute atomic E-state index is 5.90. The minimum Gasteiger partial charge on any atom is -0.464 e. The fourth-order valence-corrected chi connectivity index (χ4v) is 2.31. The summed E-state index contributed by atoms with van der Waals surface area (Å²) < 4.78 is 11.6. The number of nitrogens with zero attached hydrogens (tertiary/aromatic N) is 2. The lowest BCUT2D eigenvalue weighted by Gasteiger charge is -2.20. The Hall–Kier alpha value is -1.29. The molecule has 0 saturated carbocycles. The van der Waals surface area contributed by atoms with Gasteiger partial charge in [-0.15, -0.1) is 0 Å². The topological polar surface area (TPSA) is 38.5 Å². The number of hydrogen-bond acceptors (Lipinski definition) is 4. The van der Waals surface area contributed by atoms with E-state index in [1.165, 1.54) is 5.57 Å². The maximum atomic E-state index is 5.90. The van der Waals surface area contributed by atoms with Gasteiger partial charge in [0.05, 0.1) is 6.61 Å². The summed E-state index contributed by atoms with van der Waals surface area (Å²) in [4.78, 5) is 6.99. The van der Waals surface area contributed by atoms with E-state index < -0.39 is 0 Å². The van der Waals surface area contributed by atoms with E-state index in [0.29, 0.717) is 18.5 Å². The Bertz CT molecular complexity index is 465. The van der Waals surface area contributed by atoms with E-state index >= 15 is 0 Å². The highest BCUT2D eigenvalue weighted by atomic mass is 16.6. The average Bonchev–Trinajstić information content (AvgIpc) is 2.88. The monoisotopic (exact) mass is 278 g/mol. The summed E-state index contributed by atoms with van der Waals surface area (Å²) in [6.07, 6.45) is 5.29. The van der Waals surface area contributed by atoms with Crippen molar-refractivity contribution in [3.05, 3.63) is 17.7 Å². The van der Waals surface area contributed by atoms with Crippen molar-refractivity contribution in [1.29, 1.82) is 0 Å². The first kappa shape index (κ1) is 15.1. The minimum absolute atomic E-state index is 0.362. The molecule has 0 spiro atoms. The van der Waals surface area contributed by atoms with Crippen LogP contribution in [0.3, 0.4) is 0 Å². The van der Waals surface area contributed by atoms with E-state index in [0.717, 1.165) is 43.9 Å². The van der Waals surface area contributed by atoms with Crippen LogP contribution < -0.4 is 4.74 Å². The van der Waals surface area contributed by atoms with Crippen molar-refractivity contribution in [2.45, 2.75) is 46.0 Å². The molecule has 2 rings (SSSR count). The van der Waals surface area contributed by atoms with Crippen LogP contribution in [0.1, 0.15) is 57.5 Å². The third-order valence-corrected chi connectivity index (χ3v) is 3.75. The molecule has 1 atom stereocenters. The molecule has 1 aliphatic heterocycles. The molecular formula is C16H26N2O2. The van der Waals surface area contributed by atoms with Gasteiger partial charge >= 0.3 is 5.95 Å². The molecule has 4 nitrogen and oxygen atoms in total. The van der Waals surface area contributed by atoms with Crippen molar-refractivity contribution < 1.29 is 9.15 Å². The molecule has 0 amide bonds. The van der Waals surface area contributed by atoms with Crippen LogP contribution in [0.5, 0.6) is 5.95 Å². The second-order valence-electron chi connectivity index (χ2n) is 5.61. The minimum atomic E-state index is 0.362. The number of likely N-dealkylation sites (N-methyl/N-ethyl adjacent to an activating group) is 1. The Morgan fingerprint density at radius 2 is 2.25 bits per heavy atom. The van der Waals surface area contributed by atoms with Gasteiger partial charge in [0.15, 0.2) is 0 Å². The largest absolute Gasteiger partial charge is 0.464 e. The molecule has 0 bridgehead atoms. The Labute approximate surface area is 121 Å². The summed E-state index contributed by atoms with van der Waals surface area (Å²) in [5, 5.41) is 0. The van der Waals surface area contributed by atoms with Crippen LogP contribution in [0.25, 0.3) is 5.57 Å². The molecule has 0 aromatic carbocycles. The van der Waals surface area contributed by atoms with E-state index in [1.54, 1.807) is 0 Å². The van der Waals surface area contributed by atoms with Gasteiger partial charge in [0.1, 0.15) is 5.69 Å². The van der Waals surface area contributed by atoms with Gasteiger partial charge in [-0.1, -0.05) is 26.8 Å². The lowest BCUT2D eigenvalue weighted by molar-refractivity contribution is 0.236. The molecular weight excluding hydrogens is 252 g/mol. The third kappa shape index (κ3) is 3.42. The van der Waals surface area contributed by atoms with Gasteiger partial charge in [-0.3, -0.25) is 0 Å². The van der Waals surface area contributed by atoms with Crippen molar-refractivity contribution in [3.63, 3.8) is 0 Å². The van der Waals surface area contributed by atoms with Crippen molar-refractivity contribution in [1.82, 2.24) is 9.88 Å². The van der Waals surface area contributed by atoms with Crippen LogP contribution in [0.4, 0.5) is 0 Å². The van der Waals surface area contributed by atoms with E-state index in [4.69, 9.17) is 14.1 Å². The first-order chi connectivity index (χ1) is 9.65. The summed E-state index contributed by atoms with van der Waals surface area (Å²) in [5.74, 6) is 1.71. The van der Waals surface area contributed by atoms with Crippen LogP contribution in [0.2, 0.25) is 0 Å². The molecule has 0 aliphatic carbocycles. The smallest absolute Gasteiger partial charge is 0.309 e. The van der Waals surface area contributed by atoms with Crippen LogP contribution in [0, 0.1) is 0 Å². The van der Waals surface area contributed by atoms with Gasteiger partial charge in [-0.2, -0.15) is 0 Å². The highest BCUT2D eigenvalue weighted by molar-refractivity contribution is 5.61. The number of ether oxygens (including phenoxy) is 1. The summed E-state index contributed by atoms with van der Waals surface area (Å²) in [7, 11) is 2.13. The molecule has 20 heavy (non-hydrogen) atoms. The van der Waals surface area contributed by atoms with Crippen LogP contribution in [-0.2, 0) is 0 Å². The quantitative estimate of drug-likeness (QED) is 0.795. The van der Waals surface area contributed by atoms with E-state index in [-0.39, 0.29) is 0 Å². The molecule has 0 unspecified atom stereocenters. The molecule has 0 fully saturated rings. The Balaban J connectivity index is 2.25. The Morgan fingerprint density at radius 1 is 1.45 bits per heavy atom. The van der Waals surface area contributed by atoms with Crippen LogP contribution in [-0.4, -0.2) is 36.6 Å². The highest BCUT2D eigenvalue weighted by Gasteiger charge is 2.22. The Morgan fingerprint density at radius 3 is 2.90 bits per heavy atom. The average molecular weight is 278 g/mol. The SMILES string of the molecule is CCCOc1oc(C2=CCCN(C)C2)nc1[C@H](C)CC. The third-order valence-electron chi connectivity index (χ3n) is 3.75. The lowest BCUT2D eigenvalue weighted by atomic mass is 10.1. The first-order valence-electron chi connectivity index (χ1n) is 7.67. The molecule has 1 aliphatic rings. The highest BCUT2D eigenvalue weighted by Crippen LogP contribution is 2.32. The fraction of sp³-hybridized carbons (Fsp3) is 0.688. The number of oxazole rings is 1. The van der Waals surface area contributed by atoms with Gasteiger partial charge in [0, 0.05) is 24.6 Å². The molecule has 2 heterocycles. The standard InChI is InChI=1S/C16H26N2O2/c1-5-10-19-16-14(12(3)6-2)17-15(20-16)13-8-7-9-18(4)11-13/h8,12H,5-7,9-11H2,1-4H3/t12-/m1/s1. The molecule has 0 N–H and O–H groups in total. The van der Waals surface area contributed by atoms with Crippen molar-refractivity contribution >= 4 is 5.57 Å². The maximum Gasteiger partial charge on any atom is 0.309 e. The molecule has 1 aromatic rings. The second kappa shape index (κ2) is 6.93. The fourth-order valence-electron chi connectivity index (χ4n) is 2.31. The lowest BCUT2D eigenvalue weighted by Crippen LogP contribution is -2.25. The first-order valence-corrected chi connectivity index (χ1v) is 7.67. The number of hydrogen-bond donors (Lipinski definition) is 0. The molecule has 0 saturated heterocycles. The molecule has 112 valence electrons. The van der Waals surface area contributed by atoms with Crippen molar-refractivity contribution in [2.75, 3.05) is 26.7 Å². The predicted molar refractivity (Wildman–Crippen MR) is 81.1 cm³/mol. The van der Waals surface area contributed by atoms with Gasteiger partial charge in [0.25, 0.3) is 0 Å². The van der Waals surface area contributed by atoms with Crippen molar-refractivity contribution in [2.24, 2.45) is 0 Å². The normalized spacial score (nSPS) is 17.9. The zero-order valence-corrected chi connectivity index (χ0v) is 13.1. The number of rotatable bonds is 6.